The molecule has 0 aliphatic carbocycles. The molecule has 110 valence electrons. The van der Waals surface area contributed by atoms with Crippen LogP contribution in [0.4, 0.5) is 8.78 Å². The van der Waals surface area contributed by atoms with E-state index in [0.29, 0.717) is 13.0 Å². The smallest absolute Gasteiger partial charge is 0.230 e. The number of benzene rings is 2. The van der Waals surface area contributed by atoms with Crippen LogP contribution < -0.4 is 5.32 Å². The number of hydrogen-bond acceptors (Lipinski definition) is 2. The van der Waals surface area contributed by atoms with Gasteiger partial charge in [-0.25, -0.2) is 8.78 Å². The third-order valence-electron chi connectivity index (χ3n) is 2.83. The van der Waals surface area contributed by atoms with Gasteiger partial charge in [-0.15, -0.1) is 11.8 Å². The topological polar surface area (TPSA) is 29.1 Å². The number of hydrogen-bond donors (Lipinski definition) is 1. The number of carbonyl (C=O) groups is 1. The lowest BCUT2D eigenvalue weighted by Gasteiger charge is -2.05. The molecule has 0 heterocycles. The molecule has 0 aromatic heterocycles. The monoisotopic (exact) mass is 307 g/mol. The van der Waals surface area contributed by atoms with Crippen molar-refractivity contribution in [3.63, 3.8) is 0 Å². The highest BCUT2D eigenvalue weighted by Crippen LogP contribution is 2.17. The Bertz CT molecular complexity index is 584. The van der Waals surface area contributed by atoms with Crippen LogP contribution >= 0.6 is 11.8 Å². The van der Waals surface area contributed by atoms with Gasteiger partial charge >= 0.3 is 0 Å². The molecule has 0 saturated carbocycles. The zero-order chi connectivity index (χ0) is 15.1. The number of thioether (sulfide) groups is 1. The van der Waals surface area contributed by atoms with E-state index in [1.165, 1.54) is 36.0 Å². The van der Waals surface area contributed by atoms with Crippen LogP contribution in [0.1, 0.15) is 5.56 Å². The lowest BCUT2D eigenvalue weighted by molar-refractivity contribution is -0.118. The fourth-order valence-corrected chi connectivity index (χ4v) is 2.46. The Morgan fingerprint density at radius 2 is 1.52 bits per heavy atom. The van der Waals surface area contributed by atoms with Gasteiger partial charge in [0.15, 0.2) is 0 Å². The van der Waals surface area contributed by atoms with E-state index in [-0.39, 0.29) is 23.3 Å². The number of carbonyl (C=O) groups excluding carboxylic acids is 1. The van der Waals surface area contributed by atoms with E-state index in [9.17, 15) is 13.6 Å². The van der Waals surface area contributed by atoms with Gasteiger partial charge in [-0.2, -0.15) is 0 Å². The third-order valence-corrected chi connectivity index (χ3v) is 3.84. The molecule has 0 unspecified atom stereocenters. The van der Waals surface area contributed by atoms with E-state index in [1.807, 2.05) is 0 Å². The molecule has 0 radical (unpaired) electrons. The highest BCUT2D eigenvalue weighted by Gasteiger charge is 2.03. The normalized spacial score (nSPS) is 10.4. The Labute approximate surface area is 126 Å². The van der Waals surface area contributed by atoms with Crippen molar-refractivity contribution in [1.29, 1.82) is 0 Å². The summed E-state index contributed by atoms with van der Waals surface area (Å²) in [6.45, 7) is 0.508. The van der Waals surface area contributed by atoms with Gasteiger partial charge in [-0.3, -0.25) is 4.79 Å². The van der Waals surface area contributed by atoms with Crippen molar-refractivity contribution in [2.75, 3.05) is 12.3 Å². The van der Waals surface area contributed by atoms with Gasteiger partial charge in [-0.1, -0.05) is 12.1 Å². The molecule has 0 aliphatic rings. The third kappa shape index (κ3) is 5.55. The zero-order valence-corrected chi connectivity index (χ0v) is 12.1. The Kier molecular flexibility index (Phi) is 5.75. The largest absolute Gasteiger partial charge is 0.355 e. The number of amides is 1. The molecule has 1 N–H and O–H groups in total. The molecule has 0 bridgehead atoms. The second-order valence-electron chi connectivity index (χ2n) is 4.47. The first-order valence-corrected chi connectivity index (χ1v) is 7.51. The fraction of sp³-hybridized carbons (Fsp3) is 0.188. The van der Waals surface area contributed by atoms with Crippen LogP contribution in [0.3, 0.4) is 0 Å². The van der Waals surface area contributed by atoms with Crippen molar-refractivity contribution in [2.45, 2.75) is 11.3 Å². The first-order chi connectivity index (χ1) is 10.1. The van der Waals surface area contributed by atoms with Gasteiger partial charge in [0, 0.05) is 11.4 Å². The highest BCUT2D eigenvalue weighted by atomic mass is 32.2. The predicted octanol–water partition coefficient (Wildman–Crippen LogP) is 3.42. The Hall–Kier alpha value is -1.88. The molecule has 2 aromatic rings. The average Bonchev–Trinajstić information content (AvgIpc) is 2.49. The highest BCUT2D eigenvalue weighted by molar-refractivity contribution is 8.00. The molecule has 5 heteroatoms. The lowest BCUT2D eigenvalue weighted by atomic mass is 10.1. The maximum Gasteiger partial charge on any atom is 0.230 e. The second kappa shape index (κ2) is 7.78. The van der Waals surface area contributed by atoms with Gasteiger partial charge in [0.2, 0.25) is 5.91 Å². The van der Waals surface area contributed by atoms with Crippen molar-refractivity contribution < 1.29 is 13.6 Å². The minimum Gasteiger partial charge on any atom is -0.355 e. The molecule has 0 aliphatic heterocycles. The van der Waals surface area contributed by atoms with Crippen LogP contribution in [-0.2, 0) is 11.2 Å². The van der Waals surface area contributed by atoms with Crippen LogP contribution in [0.5, 0.6) is 0 Å². The summed E-state index contributed by atoms with van der Waals surface area (Å²) in [5, 5.41) is 2.80. The van der Waals surface area contributed by atoms with E-state index in [1.54, 1.807) is 24.3 Å². The molecule has 0 saturated heterocycles. The summed E-state index contributed by atoms with van der Waals surface area (Å²) in [7, 11) is 0. The molecular formula is C16H15F2NOS. The standard InChI is InChI=1S/C16H15F2NOS/c17-13-3-1-12(2-4-13)9-10-19-16(20)11-21-15-7-5-14(18)6-8-15/h1-8H,9-11H2,(H,19,20). The minimum absolute atomic E-state index is 0.0774. The van der Waals surface area contributed by atoms with Crippen LogP contribution in [0.25, 0.3) is 0 Å². The van der Waals surface area contributed by atoms with Crippen LogP contribution in [0, 0.1) is 11.6 Å². The SMILES string of the molecule is O=C(CSc1ccc(F)cc1)NCCc1ccc(F)cc1. The van der Waals surface area contributed by atoms with Crippen LogP contribution in [-0.4, -0.2) is 18.2 Å². The average molecular weight is 307 g/mol. The lowest BCUT2D eigenvalue weighted by Crippen LogP contribution is -2.27. The van der Waals surface area contributed by atoms with Crippen molar-refractivity contribution in [3.05, 3.63) is 65.7 Å². The van der Waals surface area contributed by atoms with Gasteiger partial charge in [0.05, 0.1) is 5.75 Å². The quantitative estimate of drug-likeness (QED) is 0.829. The summed E-state index contributed by atoms with van der Waals surface area (Å²) >= 11 is 1.36. The minimum atomic E-state index is -0.289. The molecule has 2 rings (SSSR count). The molecule has 0 atom stereocenters. The summed E-state index contributed by atoms with van der Waals surface area (Å²) in [5.74, 6) is -0.345. The van der Waals surface area contributed by atoms with Crippen molar-refractivity contribution in [2.24, 2.45) is 0 Å². The summed E-state index contributed by atoms with van der Waals surface area (Å²) in [6.07, 6.45) is 0.660. The number of halogens is 2. The zero-order valence-electron chi connectivity index (χ0n) is 11.3. The van der Waals surface area contributed by atoms with E-state index in [2.05, 4.69) is 5.32 Å². The number of nitrogens with one attached hydrogen (secondary N) is 1. The molecule has 2 nitrogen and oxygen atoms in total. The molecule has 0 fully saturated rings. The van der Waals surface area contributed by atoms with E-state index in [4.69, 9.17) is 0 Å². The van der Waals surface area contributed by atoms with Gasteiger partial charge in [0.1, 0.15) is 11.6 Å². The van der Waals surface area contributed by atoms with E-state index >= 15 is 0 Å². The van der Waals surface area contributed by atoms with Crippen molar-refractivity contribution in [1.82, 2.24) is 5.32 Å². The Morgan fingerprint density at radius 3 is 2.14 bits per heavy atom. The second-order valence-corrected chi connectivity index (χ2v) is 5.52. The Balaban J connectivity index is 1.67. The van der Waals surface area contributed by atoms with Crippen LogP contribution in [0.2, 0.25) is 0 Å². The van der Waals surface area contributed by atoms with E-state index in [0.717, 1.165) is 10.5 Å². The summed E-state index contributed by atoms with van der Waals surface area (Å²) in [6, 6.07) is 12.2. The fourth-order valence-electron chi connectivity index (χ4n) is 1.73. The maximum atomic E-state index is 12.7. The Morgan fingerprint density at radius 1 is 0.952 bits per heavy atom. The molecule has 21 heavy (non-hydrogen) atoms. The molecule has 1 amide bonds. The van der Waals surface area contributed by atoms with Gasteiger partial charge in [0.25, 0.3) is 0 Å². The maximum absolute atomic E-state index is 12.7. The van der Waals surface area contributed by atoms with Crippen molar-refractivity contribution in [3.8, 4) is 0 Å². The van der Waals surface area contributed by atoms with Crippen LogP contribution in [0.15, 0.2) is 53.4 Å². The molecule has 0 spiro atoms. The predicted molar refractivity (Wildman–Crippen MR) is 80.2 cm³/mol. The summed E-state index contributed by atoms with van der Waals surface area (Å²) < 4.78 is 25.5. The van der Waals surface area contributed by atoms with Gasteiger partial charge < -0.3 is 5.32 Å². The summed E-state index contributed by atoms with van der Waals surface area (Å²) in [5.41, 5.74) is 0.975. The number of rotatable bonds is 6. The first kappa shape index (κ1) is 15.5. The van der Waals surface area contributed by atoms with Gasteiger partial charge in [-0.05, 0) is 48.4 Å². The summed E-state index contributed by atoms with van der Waals surface area (Å²) in [4.78, 5) is 12.5. The van der Waals surface area contributed by atoms with E-state index < -0.39 is 0 Å². The van der Waals surface area contributed by atoms with Crippen molar-refractivity contribution >= 4 is 17.7 Å². The molecule has 2 aromatic carbocycles. The first-order valence-electron chi connectivity index (χ1n) is 6.53. The molecular weight excluding hydrogens is 292 g/mol.